The van der Waals surface area contributed by atoms with Crippen LogP contribution in [0.5, 0.6) is 0 Å². The molecule has 104 valence electrons. The molecule has 0 radical (unpaired) electrons. The number of hydrogen-bond donors (Lipinski definition) is 1. The Morgan fingerprint density at radius 2 is 2.35 bits per heavy atom. The van der Waals surface area contributed by atoms with Crippen molar-refractivity contribution >= 4 is 39.2 Å². The van der Waals surface area contributed by atoms with E-state index in [1.807, 2.05) is 12.1 Å². The third kappa shape index (κ3) is 2.02. The number of nitrogens with one attached hydrogen (secondary N) is 1. The third-order valence-electron chi connectivity index (χ3n) is 2.98. The Bertz CT molecular complexity index is 707. The maximum atomic E-state index is 12.1. The summed E-state index contributed by atoms with van der Waals surface area (Å²) in [5.41, 5.74) is 1.19. The summed E-state index contributed by atoms with van der Waals surface area (Å²) in [5.74, 6) is 0.107. The van der Waals surface area contributed by atoms with Gasteiger partial charge in [0.05, 0.1) is 16.5 Å². The van der Waals surface area contributed by atoms with E-state index in [4.69, 9.17) is 4.74 Å². The lowest BCUT2D eigenvalue weighted by atomic mass is 10.0. The Labute approximate surface area is 126 Å². The highest BCUT2D eigenvalue weighted by Gasteiger charge is 2.35. The van der Waals surface area contributed by atoms with Crippen LogP contribution in [0.25, 0.3) is 0 Å². The number of thiophene rings is 1. The molecular weight excluding hydrogens is 346 g/mol. The monoisotopic (exact) mass is 355 g/mol. The number of allylic oxidation sites excluding steroid dienone is 1. The van der Waals surface area contributed by atoms with Crippen LogP contribution in [0.15, 0.2) is 27.2 Å². The fourth-order valence-electron chi connectivity index (χ4n) is 2.12. The fraction of sp³-hybridized carbons (Fsp3) is 0.273. The standard InChI is InChI=1S/C11H10BrN5O2S/c1-5-8(10(18)19-2)9(6-3-4-7(12)20-6)17-11(13-5)14-15-16-17/h3-4,9H,1-2H3,(H,13,14,16). The summed E-state index contributed by atoms with van der Waals surface area (Å²) in [7, 11) is 1.36. The first-order valence-corrected chi connectivity index (χ1v) is 7.32. The number of carbonyl (C=O) groups is 1. The van der Waals surface area contributed by atoms with Gasteiger partial charge in [0.25, 0.3) is 0 Å². The second kappa shape index (κ2) is 4.98. The molecule has 1 N–H and O–H groups in total. The van der Waals surface area contributed by atoms with Gasteiger partial charge in [-0.25, -0.2) is 4.79 Å². The Kier molecular flexibility index (Phi) is 3.30. The van der Waals surface area contributed by atoms with Crippen molar-refractivity contribution in [1.29, 1.82) is 0 Å². The number of aromatic nitrogens is 4. The van der Waals surface area contributed by atoms with E-state index in [-0.39, 0.29) is 6.04 Å². The maximum absolute atomic E-state index is 12.1. The topological polar surface area (TPSA) is 81.9 Å². The highest BCUT2D eigenvalue weighted by atomic mass is 79.9. The SMILES string of the molecule is COC(=O)C1=C(C)Nc2nnnn2C1c1ccc(Br)s1. The van der Waals surface area contributed by atoms with Crippen LogP contribution in [-0.2, 0) is 9.53 Å². The molecule has 0 amide bonds. The van der Waals surface area contributed by atoms with Crippen molar-refractivity contribution in [3.05, 3.63) is 32.1 Å². The van der Waals surface area contributed by atoms with Crippen molar-refractivity contribution < 1.29 is 9.53 Å². The number of halogens is 1. The van der Waals surface area contributed by atoms with Crippen LogP contribution >= 0.6 is 27.3 Å². The number of hydrogen-bond acceptors (Lipinski definition) is 7. The smallest absolute Gasteiger partial charge is 0.338 e. The highest BCUT2D eigenvalue weighted by Crippen LogP contribution is 2.38. The van der Waals surface area contributed by atoms with Gasteiger partial charge < -0.3 is 10.1 Å². The average Bonchev–Trinajstić information content (AvgIpc) is 3.04. The molecule has 1 aliphatic rings. The molecule has 20 heavy (non-hydrogen) atoms. The van der Waals surface area contributed by atoms with Crippen molar-refractivity contribution in [3.8, 4) is 0 Å². The number of anilines is 1. The number of tetrazole rings is 1. The molecular formula is C11H10BrN5O2S. The van der Waals surface area contributed by atoms with E-state index in [2.05, 4.69) is 36.8 Å². The number of fused-ring (bicyclic) bond motifs is 1. The molecule has 0 fully saturated rings. The van der Waals surface area contributed by atoms with Gasteiger partial charge >= 0.3 is 5.97 Å². The first-order valence-electron chi connectivity index (χ1n) is 5.71. The summed E-state index contributed by atoms with van der Waals surface area (Å²) >= 11 is 4.95. The minimum Gasteiger partial charge on any atom is -0.466 e. The molecule has 9 heteroatoms. The summed E-state index contributed by atoms with van der Waals surface area (Å²) in [6, 6.07) is 3.48. The summed E-state index contributed by atoms with van der Waals surface area (Å²) in [5, 5.41) is 14.5. The summed E-state index contributed by atoms with van der Waals surface area (Å²) in [6.45, 7) is 1.81. The molecule has 3 rings (SSSR count). The van der Waals surface area contributed by atoms with Gasteiger partial charge in [0.1, 0.15) is 6.04 Å². The van der Waals surface area contributed by atoms with Gasteiger partial charge in [-0.15, -0.1) is 11.3 Å². The van der Waals surface area contributed by atoms with Crippen LogP contribution < -0.4 is 5.32 Å². The average molecular weight is 356 g/mol. The zero-order valence-electron chi connectivity index (χ0n) is 10.6. The van der Waals surface area contributed by atoms with E-state index in [9.17, 15) is 4.79 Å². The van der Waals surface area contributed by atoms with Crippen molar-refractivity contribution in [3.63, 3.8) is 0 Å². The molecule has 7 nitrogen and oxygen atoms in total. The van der Waals surface area contributed by atoms with Gasteiger partial charge in [-0.05, 0) is 45.4 Å². The molecule has 0 saturated heterocycles. The van der Waals surface area contributed by atoms with Crippen LogP contribution in [0.4, 0.5) is 5.95 Å². The Balaban J connectivity index is 2.18. The number of esters is 1. The molecule has 1 aliphatic heterocycles. The predicted molar refractivity (Wildman–Crippen MR) is 76.3 cm³/mol. The zero-order chi connectivity index (χ0) is 14.3. The van der Waals surface area contributed by atoms with E-state index < -0.39 is 5.97 Å². The molecule has 2 aromatic heterocycles. The number of rotatable bonds is 2. The molecule has 0 aromatic carbocycles. The Hall–Kier alpha value is -1.74. The van der Waals surface area contributed by atoms with E-state index in [1.165, 1.54) is 18.4 Å². The number of methoxy groups -OCH3 is 1. The zero-order valence-corrected chi connectivity index (χ0v) is 13.0. The van der Waals surface area contributed by atoms with E-state index in [1.54, 1.807) is 11.6 Å². The number of nitrogens with zero attached hydrogens (tertiary/aromatic N) is 4. The summed E-state index contributed by atoms with van der Waals surface area (Å²) in [6.07, 6.45) is 0. The lowest BCUT2D eigenvalue weighted by Crippen LogP contribution is -2.28. The summed E-state index contributed by atoms with van der Waals surface area (Å²) in [4.78, 5) is 13.0. The normalized spacial score (nSPS) is 17.6. The minimum atomic E-state index is -0.398. The first-order chi connectivity index (χ1) is 9.61. The molecule has 1 unspecified atom stereocenters. The second-order valence-electron chi connectivity index (χ2n) is 4.15. The number of carbonyl (C=O) groups excluding carboxylic acids is 1. The van der Waals surface area contributed by atoms with Gasteiger partial charge in [0.15, 0.2) is 0 Å². The van der Waals surface area contributed by atoms with Crippen molar-refractivity contribution in [2.75, 3.05) is 12.4 Å². The van der Waals surface area contributed by atoms with Crippen molar-refractivity contribution in [2.45, 2.75) is 13.0 Å². The first kappa shape index (κ1) is 13.3. The van der Waals surface area contributed by atoms with Crippen molar-refractivity contribution in [1.82, 2.24) is 20.2 Å². The summed E-state index contributed by atoms with van der Waals surface area (Å²) < 4.78 is 7.44. The quantitative estimate of drug-likeness (QED) is 0.829. The fourth-order valence-corrected chi connectivity index (χ4v) is 3.64. The lowest BCUT2D eigenvalue weighted by Gasteiger charge is -2.25. The van der Waals surface area contributed by atoms with Crippen LogP contribution in [-0.4, -0.2) is 33.3 Å². The van der Waals surface area contributed by atoms with E-state index in [0.29, 0.717) is 17.2 Å². The maximum Gasteiger partial charge on any atom is 0.338 e. The molecule has 0 bridgehead atoms. The molecule has 0 spiro atoms. The van der Waals surface area contributed by atoms with E-state index >= 15 is 0 Å². The van der Waals surface area contributed by atoms with Crippen molar-refractivity contribution in [2.24, 2.45) is 0 Å². The van der Waals surface area contributed by atoms with Crippen LogP contribution in [0.3, 0.4) is 0 Å². The minimum absolute atomic E-state index is 0.384. The van der Waals surface area contributed by atoms with Gasteiger partial charge in [0.2, 0.25) is 5.95 Å². The highest BCUT2D eigenvalue weighted by molar-refractivity contribution is 9.11. The Morgan fingerprint density at radius 1 is 1.55 bits per heavy atom. The van der Waals surface area contributed by atoms with Crippen LogP contribution in [0.2, 0.25) is 0 Å². The molecule has 2 aromatic rings. The van der Waals surface area contributed by atoms with Crippen LogP contribution in [0.1, 0.15) is 17.8 Å². The predicted octanol–water partition coefficient (Wildman–Crippen LogP) is 1.96. The second-order valence-corrected chi connectivity index (χ2v) is 6.64. The van der Waals surface area contributed by atoms with Gasteiger partial charge in [-0.1, -0.05) is 5.10 Å². The lowest BCUT2D eigenvalue weighted by molar-refractivity contribution is -0.136. The molecule has 0 saturated carbocycles. The van der Waals surface area contributed by atoms with Gasteiger partial charge in [0, 0.05) is 10.6 Å². The van der Waals surface area contributed by atoms with Gasteiger partial charge in [-0.2, -0.15) is 4.68 Å². The molecule has 0 aliphatic carbocycles. The van der Waals surface area contributed by atoms with E-state index in [0.717, 1.165) is 8.66 Å². The largest absolute Gasteiger partial charge is 0.466 e. The molecule has 3 heterocycles. The number of ether oxygens (including phenoxy) is 1. The van der Waals surface area contributed by atoms with Gasteiger partial charge in [-0.3, -0.25) is 0 Å². The van der Waals surface area contributed by atoms with Crippen LogP contribution in [0, 0.1) is 0 Å². The molecule has 1 atom stereocenters. The Morgan fingerprint density at radius 3 is 3.00 bits per heavy atom. The third-order valence-corrected chi connectivity index (χ3v) is 4.66.